The van der Waals surface area contributed by atoms with Gasteiger partial charge in [0.25, 0.3) is 0 Å². The predicted octanol–water partition coefficient (Wildman–Crippen LogP) is 5.75. The van der Waals surface area contributed by atoms with E-state index in [9.17, 15) is 9.90 Å². The fourth-order valence-corrected chi connectivity index (χ4v) is 5.00. The van der Waals surface area contributed by atoms with Crippen LogP contribution in [-0.4, -0.2) is 5.11 Å². The van der Waals surface area contributed by atoms with Gasteiger partial charge in [-0.15, -0.1) is 22.7 Å². The Labute approximate surface area is 162 Å². The second kappa shape index (κ2) is 8.69. The largest absolute Gasteiger partial charge is 0.507 e. The van der Waals surface area contributed by atoms with Crippen LogP contribution in [0.15, 0.2) is 44.9 Å². The van der Waals surface area contributed by atoms with Crippen LogP contribution in [0.25, 0.3) is 0 Å². The first-order chi connectivity index (χ1) is 12.6. The smallest absolute Gasteiger partial charge is 0.343 e. The van der Waals surface area contributed by atoms with E-state index in [1.165, 1.54) is 9.75 Å². The molecule has 3 nitrogen and oxygen atoms in total. The number of aromatic hydroxyl groups is 1. The van der Waals surface area contributed by atoms with Crippen LogP contribution in [0.5, 0.6) is 5.75 Å². The minimum absolute atomic E-state index is 0.0475. The van der Waals surface area contributed by atoms with Crippen LogP contribution in [0.1, 0.15) is 58.6 Å². The molecule has 0 radical (unpaired) electrons. The summed E-state index contributed by atoms with van der Waals surface area (Å²) in [5.74, 6) is 0.718. The van der Waals surface area contributed by atoms with E-state index in [0.29, 0.717) is 17.7 Å². The molecule has 138 valence electrons. The highest BCUT2D eigenvalue weighted by Gasteiger charge is 2.19. The normalized spacial score (nSPS) is 12.4. The van der Waals surface area contributed by atoms with Gasteiger partial charge in [0.05, 0.1) is 5.56 Å². The lowest BCUT2D eigenvalue weighted by Gasteiger charge is -2.14. The number of aryl methyl sites for hydroxylation is 1. The van der Waals surface area contributed by atoms with Gasteiger partial charge in [-0.25, -0.2) is 4.79 Å². The molecule has 0 aromatic carbocycles. The Morgan fingerprint density at radius 2 is 1.96 bits per heavy atom. The third-order valence-electron chi connectivity index (χ3n) is 4.53. The molecule has 0 aliphatic carbocycles. The molecular weight excluding hydrogens is 364 g/mol. The van der Waals surface area contributed by atoms with E-state index in [1.807, 2.05) is 17.5 Å². The molecule has 0 aliphatic heterocycles. The zero-order chi connectivity index (χ0) is 18.5. The van der Waals surface area contributed by atoms with Crippen LogP contribution in [0, 0.1) is 0 Å². The van der Waals surface area contributed by atoms with Gasteiger partial charge in [0.2, 0.25) is 0 Å². The molecular formula is C21H24O3S2. The summed E-state index contributed by atoms with van der Waals surface area (Å²) in [6.07, 6.45) is 4.24. The van der Waals surface area contributed by atoms with Crippen molar-refractivity contribution in [3.8, 4) is 5.75 Å². The molecule has 0 bridgehead atoms. The predicted molar refractivity (Wildman–Crippen MR) is 109 cm³/mol. The third kappa shape index (κ3) is 4.46. The van der Waals surface area contributed by atoms with Gasteiger partial charge in [-0.05, 0) is 42.8 Å². The SMILES string of the molecule is CCCc1ccc(Cc2c(O)cc(C(CC)Cc3cccs3)oc2=O)s1. The van der Waals surface area contributed by atoms with Crippen molar-refractivity contribution >= 4 is 22.7 Å². The molecule has 3 rings (SSSR count). The van der Waals surface area contributed by atoms with Gasteiger partial charge < -0.3 is 9.52 Å². The molecule has 3 aromatic heterocycles. The van der Waals surface area contributed by atoms with Crippen LogP contribution in [0.3, 0.4) is 0 Å². The molecule has 0 saturated heterocycles. The zero-order valence-electron chi connectivity index (χ0n) is 15.2. The average molecular weight is 389 g/mol. The van der Waals surface area contributed by atoms with Crippen molar-refractivity contribution in [2.24, 2.45) is 0 Å². The van der Waals surface area contributed by atoms with E-state index in [2.05, 4.69) is 26.0 Å². The maximum atomic E-state index is 12.5. The number of hydrogen-bond donors (Lipinski definition) is 1. The lowest BCUT2D eigenvalue weighted by Crippen LogP contribution is -2.12. The highest BCUT2D eigenvalue weighted by atomic mass is 32.1. The highest BCUT2D eigenvalue weighted by Crippen LogP contribution is 2.30. The minimum atomic E-state index is -0.421. The molecule has 0 fully saturated rings. The van der Waals surface area contributed by atoms with E-state index < -0.39 is 5.63 Å². The second-order valence-corrected chi connectivity index (χ2v) is 8.77. The van der Waals surface area contributed by atoms with E-state index in [1.54, 1.807) is 28.7 Å². The summed E-state index contributed by atoms with van der Waals surface area (Å²) in [5, 5.41) is 12.5. The van der Waals surface area contributed by atoms with Crippen LogP contribution in [0.4, 0.5) is 0 Å². The lowest BCUT2D eigenvalue weighted by atomic mass is 9.97. The molecule has 5 heteroatoms. The van der Waals surface area contributed by atoms with Gasteiger partial charge in [0.15, 0.2) is 0 Å². The van der Waals surface area contributed by atoms with Crippen molar-refractivity contribution in [3.05, 3.63) is 72.1 Å². The summed E-state index contributed by atoms with van der Waals surface area (Å²) in [6.45, 7) is 4.23. The first-order valence-electron chi connectivity index (χ1n) is 9.06. The number of thiophene rings is 2. The zero-order valence-corrected chi connectivity index (χ0v) is 16.8. The van der Waals surface area contributed by atoms with Crippen molar-refractivity contribution in [3.63, 3.8) is 0 Å². The van der Waals surface area contributed by atoms with Gasteiger partial charge in [0, 0.05) is 33.0 Å². The van der Waals surface area contributed by atoms with E-state index in [4.69, 9.17) is 4.42 Å². The van der Waals surface area contributed by atoms with Crippen molar-refractivity contribution in [2.45, 2.75) is 51.9 Å². The van der Waals surface area contributed by atoms with Crippen LogP contribution >= 0.6 is 22.7 Å². The Kier molecular flexibility index (Phi) is 6.33. The van der Waals surface area contributed by atoms with Gasteiger partial charge >= 0.3 is 5.63 Å². The summed E-state index contributed by atoms with van der Waals surface area (Å²) < 4.78 is 5.61. The fraction of sp³-hybridized carbons (Fsp3) is 0.381. The second-order valence-electron chi connectivity index (χ2n) is 6.48. The van der Waals surface area contributed by atoms with Crippen molar-refractivity contribution in [1.82, 2.24) is 0 Å². The molecule has 1 unspecified atom stereocenters. The first kappa shape index (κ1) is 18.9. The quantitative estimate of drug-likeness (QED) is 0.535. The minimum Gasteiger partial charge on any atom is -0.507 e. The summed E-state index contributed by atoms with van der Waals surface area (Å²) >= 11 is 3.40. The molecule has 0 amide bonds. The average Bonchev–Trinajstić information content (AvgIpc) is 3.28. The Balaban J connectivity index is 1.81. The Morgan fingerprint density at radius 1 is 1.15 bits per heavy atom. The Bertz CT molecular complexity index is 890. The highest BCUT2D eigenvalue weighted by molar-refractivity contribution is 7.12. The summed E-state index contributed by atoms with van der Waals surface area (Å²) in [5.41, 5.74) is -0.0697. The summed E-state index contributed by atoms with van der Waals surface area (Å²) in [7, 11) is 0. The summed E-state index contributed by atoms with van der Waals surface area (Å²) in [4.78, 5) is 16.1. The van der Waals surface area contributed by atoms with E-state index >= 15 is 0 Å². The Hall–Kier alpha value is -1.85. The van der Waals surface area contributed by atoms with Crippen molar-refractivity contribution in [1.29, 1.82) is 0 Å². The van der Waals surface area contributed by atoms with Gasteiger partial charge in [-0.1, -0.05) is 26.3 Å². The first-order valence-corrected chi connectivity index (χ1v) is 10.8. The van der Waals surface area contributed by atoms with E-state index in [0.717, 1.165) is 30.6 Å². The number of rotatable bonds is 8. The maximum Gasteiger partial charge on any atom is 0.343 e. The van der Waals surface area contributed by atoms with Gasteiger partial charge in [-0.2, -0.15) is 0 Å². The molecule has 0 aliphatic rings. The van der Waals surface area contributed by atoms with Crippen LogP contribution in [0.2, 0.25) is 0 Å². The fourth-order valence-electron chi connectivity index (χ4n) is 3.08. The molecule has 1 atom stereocenters. The maximum absolute atomic E-state index is 12.5. The molecule has 26 heavy (non-hydrogen) atoms. The summed E-state index contributed by atoms with van der Waals surface area (Å²) in [6, 6.07) is 9.89. The molecule has 0 saturated carbocycles. The molecule has 3 heterocycles. The standard InChI is InChI=1S/C21H24O3S2/c1-3-6-15-8-9-17(26-15)12-18-19(22)13-20(24-21(18)23)14(4-2)11-16-7-5-10-25-16/h5,7-10,13-14,22H,3-4,6,11-12H2,1-2H3. The van der Waals surface area contributed by atoms with Gasteiger partial charge in [0.1, 0.15) is 11.5 Å². The van der Waals surface area contributed by atoms with E-state index in [-0.39, 0.29) is 11.7 Å². The topological polar surface area (TPSA) is 50.4 Å². The van der Waals surface area contributed by atoms with Crippen molar-refractivity contribution < 1.29 is 9.52 Å². The van der Waals surface area contributed by atoms with Gasteiger partial charge in [-0.3, -0.25) is 0 Å². The van der Waals surface area contributed by atoms with Crippen LogP contribution < -0.4 is 5.63 Å². The molecule has 1 N–H and O–H groups in total. The third-order valence-corrected chi connectivity index (χ3v) is 6.58. The Morgan fingerprint density at radius 3 is 2.62 bits per heavy atom. The molecule has 0 spiro atoms. The van der Waals surface area contributed by atoms with Crippen LogP contribution in [-0.2, 0) is 19.3 Å². The number of hydrogen-bond acceptors (Lipinski definition) is 5. The monoisotopic (exact) mass is 388 g/mol. The molecule has 3 aromatic rings. The lowest BCUT2D eigenvalue weighted by molar-refractivity contribution is 0.387. The van der Waals surface area contributed by atoms with Crippen molar-refractivity contribution in [2.75, 3.05) is 0 Å².